The Morgan fingerprint density at radius 2 is 1.66 bits per heavy atom. The maximum atomic E-state index is 12.2. The van der Waals surface area contributed by atoms with E-state index in [1.165, 1.54) is 14.2 Å². The lowest BCUT2D eigenvalue weighted by molar-refractivity contribution is -0.137. The number of allylic oxidation sites excluding steroid dienone is 4. The van der Waals surface area contributed by atoms with Crippen LogP contribution in [0.2, 0.25) is 0 Å². The number of methoxy groups -OCH3 is 3. The van der Waals surface area contributed by atoms with Gasteiger partial charge >= 0.3 is 11.9 Å². The van der Waals surface area contributed by atoms with E-state index >= 15 is 0 Å². The molecule has 0 saturated carbocycles. The van der Waals surface area contributed by atoms with Crippen LogP contribution in [0.1, 0.15) is 59.3 Å². The van der Waals surface area contributed by atoms with Gasteiger partial charge in [-0.25, -0.2) is 9.59 Å². The lowest BCUT2D eigenvalue weighted by Gasteiger charge is -2.33. The van der Waals surface area contributed by atoms with E-state index in [1.54, 1.807) is 13.2 Å². The summed E-state index contributed by atoms with van der Waals surface area (Å²) in [6.45, 7) is 6.00. The molecule has 2 atom stereocenters. The summed E-state index contributed by atoms with van der Waals surface area (Å²) in [6, 6.07) is 0. The summed E-state index contributed by atoms with van der Waals surface area (Å²) in [5.74, 6) is -0.483. The number of rotatable bonds is 4. The third kappa shape index (κ3) is 7.44. The zero-order chi connectivity index (χ0) is 22.0. The third-order valence-corrected chi connectivity index (χ3v) is 5.71. The van der Waals surface area contributed by atoms with Crippen molar-refractivity contribution >= 4 is 11.9 Å². The van der Waals surface area contributed by atoms with Crippen molar-refractivity contribution in [1.29, 1.82) is 0 Å². The Labute approximate surface area is 174 Å². The van der Waals surface area contributed by atoms with Gasteiger partial charge in [0.25, 0.3) is 0 Å². The summed E-state index contributed by atoms with van der Waals surface area (Å²) in [5.41, 5.74) is 1.45. The minimum Gasteiger partial charge on any atom is -0.466 e. The number of carbonyl (C=O) groups excluding carboxylic acids is 2. The molecule has 0 aliphatic heterocycles. The molecule has 1 aliphatic rings. The summed E-state index contributed by atoms with van der Waals surface area (Å²) in [4.78, 5) is 24.4. The molecule has 1 aliphatic carbocycles. The van der Waals surface area contributed by atoms with E-state index in [-0.39, 0.29) is 11.9 Å². The maximum absolute atomic E-state index is 12.2. The average Bonchev–Trinajstić information content (AvgIpc) is 2.71. The number of carbonyl (C=O) groups is 2. The molecule has 6 heteroatoms. The lowest BCUT2D eigenvalue weighted by Crippen LogP contribution is -2.41. The zero-order valence-electron chi connectivity index (χ0n) is 18.6. The normalized spacial score (nSPS) is 24.7. The lowest BCUT2D eigenvalue weighted by atomic mass is 9.87. The van der Waals surface area contributed by atoms with Crippen LogP contribution in [0.3, 0.4) is 0 Å². The van der Waals surface area contributed by atoms with Crippen LogP contribution in [-0.2, 0) is 23.8 Å². The second-order valence-corrected chi connectivity index (χ2v) is 7.91. The molecule has 0 fully saturated rings. The first-order chi connectivity index (χ1) is 13.7. The summed E-state index contributed by atoms with van der Waals surface area (Å²) < 4.78 is 15.4. The van der Waals surface area contributed by atoms with E-state index in [2.05, 4.69) is 13.8 Å². The number of ether oxygens (including phenoxy) is 3. The van der Waals surface area contributed by atoms with Crippen LogP contribution in [-0.4, -0.2) is 50.1 Å². The second kappa shape index (κ2) is 11.9. The molecule has 0 aromatic rings. The number of aliphatic hydroxyl groups is 1. The molecule has 0 spiro atoms. The van der Waals surface area contributed by atoms with Crippen molar-refractivity contribution in [2.75, 3.05) is 21.3 Å². The van der Waals surface area contributed by atoms with Gasteiger partial charge in [-0.3, -0.25) is 0 Å². The largest absolute Gasteiger partial charge is 0.466 e. The Hall–Kier alpha value is -1.92. The molecular formula is C23H36O6. The standard InChI is InChI=1S/C23H36O6/c1-16(2)17-9-11-18(21(25)27-4)8-7-15-23(3,29-6)20(24)14-13-19(12-10-17)22(26)28-5/h8,10,12,16,20,24H,7,9,11,13-15H2,1-6H3. The highest BCUT2D eigenvalue weighted by Gasteiger charge is 2.32. The summed E-state index contributed by atoms with van der Waals surface area (Å²) in [7, 11) is 4.29. The molecule has 164 valence electrons. The molecule has 0 radical (unpaired) electrons. The van der Waals surface area contributed by atoms with Gasteiger partial charge in [-0.2, -0.15) is 0 Å². The Morgan fingerprint density at radius 1 is 1.03 bits per heavy atom. The van der Waals surface area contributed by atoms with Crippen molar-refractivity contribution in [2.45, 2.75) is 71.0 Å². The Balaban J connectivity index is 3.34. The zero-order valence-corrected chi connectivity index (χ0v) is 18.6. The highest BCUT2D eigenvalue weighted by molar-refractivity contribution is 5.89. The number of hydrogen-bond acceptors (Lipinski definition) is 6. The van der Waals surface area contributed by atoms with Crippen LogP contribution < -0.4 is 0 Å². The monoisotopic (exact) mass is 408 g/mol. The van der Waals surface area contributed by atoms with Gasteiger partial charge in [0.1, 0.15) is 0 Å². The quantitative estimate of drug-likeness (QED) is 0.711. The predicted octanol–water partition coefficient (Wildman–Crippen LogP) is 3.89. The van der Waals surface area contributed by atoms with Crippen LogP contribution in [0, 0.1) is 5.92 Å². The first kappa shape index (κ1) is 25.1. The first-order valence-electron chi connectivity index (χ1n) is 10.2. The summed E-state index contributed by atoms with van der Waals surface area (Å²) >= 11 is 0. The van der Waals surface area contributed by atoms with Crippen LogP contribution >= 0.6 is 0 Å². The van der Waals surface area contributed by atoms with Crippen molar-refractivity contribution in [3.05, 3.63) is 34.9 Å². The van der Waals surface area contributed by atoms with Crippen LogP contribution in [0.4, 0.5) is 0 Å². The van der Waals surface area contributed by atoms with Crippen molar-refractivity contribution in [3.63, 3.8) is 0 Å². The Morgan fingerprint density at radius 3 is 2.21 bits per heavy atom. The molecule has 0 saturated heterocycles. The SMILES string of the molecule is COC(=O)C1=CCCC(C)(OC)C(O)CCC(C(=O)OC)=CC=C(C(C)C)CC1. The second-order valence-electron chi connectivity index (χ2n) is 7.91. The van der Waals surface area contributed by atoms with Crippen molar-refractivity contribution in [3.8, 4) is 0 Å². The van der Waals surface area contributed by atoms with E-state index < -0.39 is 17.7 Å². The highest BCUT2D eigenvalue weighted by atomic mass is 16.5. The molecular weight excluding hydrogens is 372 g/mol. The van der Waals surface area contributed by atoms with Crippen LogP contribution in [0.25, 0.3) is 0 Å². The van der Waals surface area contributed by atoms with Gasteiger partial charge in [-0.1, -0.05) is 37.6 Å². The first-order valence-corrected chi connectivity index (χ1v) is 10.2. The minimum atomic E-state index is -0.790. The minimum absolute atomic E-state index is 0.263. The van der Waals surface area contributed by atoms with Crippen molar-refractivity contribution < 1.29 is 28.9 Å². The molecule has 0 heterocycles. The number of esters is 2. The van der Waals surface area contributed by atoms with Crippen LogP contribution in [0.5, 0.6) is 0 Å². The molecule has 0 bridgehead atoms. The Kier molecular flexibility index (Phi) is 10.3. The van der Waals surface area contributed by atoms with Crippen LogP contribution in [0.15, 0.2) is 34.9 Å². The summed E-state index contributed by atoms with van der Waals surface area (Å²) in [6.07, 6.45) is 7.91. The van der Waals surface area contributed by atoms with E-state index in [4.69, 9.17) is 14.2 Å². The average molecular weight is 409 g/mol. The van der Waals surface area contributed by atoms with Gasteiger partial charge in [0, 0.05) is 18.3 Å². The molecule has 1 N–H and O–H groups in total. The molecule has 1 rings (SSSR count). The molecule has 0 aromatic heterocycles. The number of aliphatic hydroxyl groups excluding tert-OH is 1. The van der Waals surface area contributed by atoms with E-state index in [1.807, 2.05) is 19.1 Å². The van der Waals surface area contributed by atoms with Gasteiger partial charge in [-0.05, 0) is 51.4 Å². The van der Waals surface area contributed by atoms with E-state index in [0.29, 0.717) is 49.7 Å². The fourth-order valence-corrected chi connectivity index (χ4v) is 3.39. The van der Waals surface area contributed by atoms with Gasteiger partial charge in [0.15, 0.2) is 0 Å². The molecule has 2 unspecified atom stereocenters. The Bertz CT molecular complexity index is 658. The molecule has 0 aromatic carbocycles. The highest BCUT2D eigenvalue weighted by Crippen LogP contribution is 2.28. The predicted molar refractivity (Wildman–Crippen MR) is 112 cm³/mol. The smallest absolute Gasteiger partial charge is 0.333 e. The fraction of sp³-hybridized carbons (Fsp3) is 0.652. The topological polar surface area (TPSA) is 82.1 Å². The van der Waals surface area contributed by atoms with Gasteiger partial charge in [0.2, 0.25) is 0 Å². The van der Waals surface area contributed by atoms with E-state index in [9.17, 15) is 14.7 Å². The molecule has 29 heavy (non-hydrogen) atoms. The van der Waals surface area contributed by atoms with E-state index in [0.717, 1.165) is 5.57 Å². The van der Waals surface area contributed by atoms with Crippen molar-refractivity contribution in [2.24, 2.45) is 5.92 Å². The summed E-state index contributed by atoms with van der Waals surface area (Å²) in [5, 5.41) is 10.7. The van der Waals surface area contributed by atoms with Crippen molar-refractivity contribution in [1.82, 2.24) is 0 Å². The fourth-order valence-electron chi connectivity index (χ4n) is 3.39. The molecule has 6 nitrogen and oxygen atoms in total. The number of hydrogen-bond donors (Lipinski definition) is 1. The third-order valence-electron chi connectivity index (χ3n) is 5.71. The maximum Gasteiger partial charge on any atom is 0.333 e. The van der Waals surface area contributed by atoms with Gasteiger partial charge in [-0.15, -0.1) is 0 Å². The van der Waals surface area contributed by atoms with Gasteiger partial charge in [0.05, 0.1) is 25.9 Å². The van der Waals surface area contributed by atoms with Gasteiger partial charge < -0.3 is 19.3 Å². The molecule has 0 amide bonds.